The molecule has 1 unspecified atom stereocenters. The van der Waals surface area contributed by atoms with Gasteiger partial charge in [-0.05, 0) is 18.2 Å². The third-order valence-corrected chi connectivity index (χ3v) is 4.35. The molecule has 4 rings (SSSR count). The normalized spacial score (nSPS) is 14.3. The molecule has 144 valence electrons. The highest BCUT2D eigenvalue weighted by Crippen LogP contribution is 2.48. The minimum absolute atomic E-state index is 0.0683. The van der Waals surface area contributed by atoms with Crippen molar-refractivity contribution in [3.05, 3.63) is 77.7 Å². The lowest BCUT2D eigenvalue weighted by Crippen LogP contribution is -2.46. The van der Waals surface area contributed by atoms with Crippen LogP contribution in [0.4, 0.5) is 17.6 Å². The molecule has 0 fully saturated rings. The van der Waals surface area contributed by atoms with Crippen LogP contribution < -0.4 is 0 Å². The van der Waals surface area contributed by atoms with E-state index in [0.29, 0.717) is 6.07 Å². The Labute approximate surface area is 154 Å². The molecule has 28 heavy (non-hydrogen) atoms. The Bertz CT molecular complexity index is 1100. The van der Waals surface area contributed by atoms with Gasteiger partial charge in [-0.25, -0.2) is 18.7 Å². The number of para-hydroxylation sites is 2. The number of halogens is 4. The van der Waals surface area contributed by atoms with Gasteiger partial charge in [0.15, 0.2) is 11.2 Å². The molecule has 2 N–H and O–H groups in total. The van der Waals surface area contributed by atoms with Gasteiger partial charge in [-0.15, -0.1) is 0 Å². The van der Waals surface area contributed by atoms with Crippen molar-refractivity contribution in [1.82, 2.24) is 20.2 Å². The maximum Gasteiger partial charge on any atom is 0.354 e. The van der Waals surface area contributed by atoms with Gasteiger partial charge >= 0.3 is 5.92 Å². The standard InChI is InChI=1S/C18H12F4N4O2/c19-10-5-6-11(12(20)7-10)17(27,8-15-23-9-24-26-15)18(21,22)16-25-13-3-1-2-4-14(13)28-16/h1-7,9,27H,8H2,(H,23,24,26). The minimum Gasteiger partial charge on any atom is -0.435 e. The summed E-state index contributed by atoms with van der Waals surface area (Å²) in [5, 5.41) is 16.9. The van der Waals surface area contributed by atoms with Crippen LogP contribution in [0.1, 0.15) is 17.3 Å². The Morgan fingerprint density at radius 3 is 2.57 bits per heavy atom. The molecule has 2 aromatic carbocycles. The summed E-state index contributed by atoms with van der Waals surface area (Å²) in [6.45, 7) is 0. The lowest BCUT2D eigenvalue weighted by molar-refractivity contribution is -0.209. The van der Waals surface area contributed by atoms with Crippen molar-refractivity contribution in [2.75, 3.05) is 0 Å². The van der Waals surface area contributed by atoms with E-state index in [4.69, 9.17) is 4.42 Å². The molecule has 0 radical (unpaired) electrons. The van der Waals surface area contributed by atoms with E-state index in [0.717, 1.165) is 18.5 Å². The highest BCUT2D eigenvalue weighted by atomic mass is 19.3. The molecule has 2 heterocycles. The van der Waals surface area contributed by atoms with E-state index in [2.05, 4.69) is 20.2 Å². The summed E-state index contributed by atoms with van der Waals surface area (Å²) >= 11 is 0. The Morgan fingerprint density at radius 2 is 1.89 bits per heavy atom. The molecule has 2 aromatic heterocycles. The number of aliphatic hydroxyl groups is 1. The molecule has 1 atom stereocenters. The number of rotatable bonds is 5. The molecular formula is C18H12F4N4O2. The van der Waals surface area contributed by atoms with Gasteiger partial charge in [0.25, 0.3) is 5.89 Å². The van der Waals surface area contributed by atoms with Gasteiger partial charge < -0.3 is 9.52 Å². The van der Waals surface area contributed by atoms with Crippen LogP contribution in [0.15, 0.2) is 53.2 Å². The topological polar surface area (TPSA) is 87.8 Å². The van der Waals surface area contributed by atoms with Crippen molar-refractivity contribution in [2.45, 2.75) is 17.9 Å². The number of nitrogens with zero attached hydrogens (tertiary/aromatic N) is 3. The van der Waals surface area contributed by atoms with E-state index < -0.39 is 41.0 Å². The number of fused-ring (bicyclic) bond motifs is 1. The molecule has 0 bridgehead atoms. The van der Waals surface area contributed by atoms with Crippen molar-refractivity contribution < 1.29 is 27.1 Å². The summed E-state index contributed by atoms with van der Waals surface area (Å²) < 4.78 is 63.8. The van der Waals surface area contributed by atoms with Crippen LogP contribution in [0.5, 0.6) is 0 Å². The van der Waals surface area contributed by atoms with E-state index in [1.807, 2.05) is 0 Å². The third-order valence-electron chi connectivity index (χ3n) is 4.35. The molecule has 0 aliphatic carbocycles. The fourth-order valence-electron chi connectivity index (χ4n) is 2.94. The summed E-state index contributed by atoms with van der Waals surface area (Å²) in [6, 6.07) is 7.94. The van der Waals surface area contributed by atoms with E-state index in [-0.39, 0.29) is 16.9 Å². The van der Waals surface area contributed by atoms with Gasteiger partial charge in [-0.1, -0.05) is 18.2 Å². The van der Waals surface area contributed by atoms with Gasteiger partial charge in [-0.3, -0.25) is 5.10 Å². The number of H-pyrrole nitrogens is 1. The summed E-state index contributed by atoms with van der Waals surface area (Å²) in [5.74, 6) is -7.77. The number of oxazole rings is 1. The monoisotopic (exact) mass is 392 g/mol. The molecule has 0 aliphatic heterocycles. The zero-order chi connectivity index (χ0) is 19.9. The van der Waals surface area contributed by atoms with Crippen LogP contribution in [0.3, 0.4) is 0 Å². The molecule has 0 saturated heterocycles. The maximum atomic E-state index is 15.5. The molecule has 0 amide bonds. The first-order chi connectivity index (χ1) is 13.3. The molecule has 6 nitrogen and oxygen atoms in total. The lowest BCUT2D eigenvalue weighted by atomic mass is 9.83. The number of hydrogen-bond donors (Lipinski definition) is 2. The lowest BCUT2D eigenvalue weighted by Gasteiger charge is -2.34. The van der Waals surface area contributed by atoms with Gasteiger partial charge in [0.2, 0.25) is 0 Å². The van der Waals surface area contributed by atoms with Crippen molar-refractivity contribution in [3.63, 3.8) is 0 Å². The van der Waals surface area contributed by atoms with E-state index in [1.54, 1.807) is 12.1 Å². The van der Waals surface area contributed by atoms with Crippen molar-refractivity contribution in [3.8, 4) is 0 Å². The van der Waals surface area contributed by atoms with Gasteiger partial charge in [-0.2, -0.15) is 13.9 Å². The fraction of sp³-hybridized carbons (Fsp3) is 0.167. The predicted molar refractivity (Wildman–Crippen MR) is 88.2 cm³/mol. The summed E-state index contributed by atoms with van der Waals surface area (Å²) in [4.78, 5) is 7.45. The van der Waals surface area contributed by atoms with Crippen LogP contribution in [0.2, 0.25) is 0 Å². The second kappa shape index (κ2) is 6.41. The first-order valence-corrected chi connectivity index (χ1v) is 8.07. The van der Waals surface area contributed by atoms with Crippen molar-refractivity contribution in [1.29, 1.82) is 0 Å². The smallest absolute Gasteiger partial charge is 0.354 e. The zero-order valence-corrected chi connectivity index (χ0v) is 14.0. The number of nitrogens with one attached hydrogen (secondary N) is 1. The Balaban J connectivity index is 1.90. The predicted octanol–water partition coefficient (Wildman–Crippen LogP) is 3.45. The van der Waals surface area contributed by atoms with E-state index in [1.165, 1.54) is 12.1 Å². The first kappa shape index (κ1) is 18.1. The minimum atomic E-state index is -4.20. The van der Waals surface area contributed by atoms with Crippen molar-refractivity contribution in [2.24, 2.45) is 0 Å². The SMILES string of the molecule is OC(Cc1ncn[nH]1)(c1ccc(F)cc1F)C(F)(F)c1nc2ccccc2o1. The molecule has 0 saturated carbocycles. The second-order valence-electron chi connectivity index (χ2n) is 6.15. The summed E-state index contributed by atoms with van der Waals surface area (Å²) in [6.07, 6.45) is 0.190. The van der Waals surface area contributed by atoms with Crippen LogP contribution in [-0.4, -0.2) is 25.3 Å². The number of benzene rings is 2. The Kier molecular flexibility index (Phi) is 4.15. The summed E-state index contributed by atoms with van der Waals surface area (Å²) in [7, 11) is 0. The second-order valence-corrected chi connectivity index (χ2v) is 6.15. The molecule has 4 aromatic rings. The van der Waals surface area contributed by atoms with Crippen LogP contribution in [0, 0.1) is 11.6 Å². The number of aromatic nitrogens is 4. The van der Waals surface area contributed by atoms with Crippen molar-refractivity contribution >= 4 is 11.1 Å². The molecular weight excluding hydrogens is 380 g/mol. The largest absolute Gasteiger partial charge is 0.435 e. The average Bonchev–Trinajstić information content (AvgIpc) is 3.30. The molecule has 10 heteroatoms. The Hall–Kier alpha value is -3.27. The zero-order valence-electron chi connectivity index (χ0n) is 14.0. The van der Waals surface area contributed by atoms with Gasteiger partial charge in [0, 0.05) is 18.1 Å². The molecule has 0 aliphatic rings. The highest BCUT2D eigenvalue weighted by Gasteiger charge is 2.60. The van der Waals surface area contributed by atoms with Crippen LogP contribution in [-0.2, 0) is 17.9 Å². The first-order valence-electron chi connectivity index (χ1n) is 8.07. The van der Waals surface area contributed by atoms with Gasteiger partial charge in [0.1, 0.15) is 29.3 Å². The average molecular weight is 392 g/mol. The van der Waals surface area contributed by atoms with E-state index in [9.17, 15) is 13.9 Å². The fourth-order valence-corrected chi connectivity index (χ4v) is 2.94. The highest BCUT2D eigenvalue weighted by molar-refractivity contribution is 5.72. The number of alkyl halides is 2. The third kappa shape index (κ3) is 2.82. The number of hydrogen-bond acceptors (Lipinski definition) is 5. The van der Waals surface area contributed by atoms with E-state index >= 15 is 8.78 Å². The number of aromatic amines is 1. The molecule has 0 spiro atoms. The Morgan fingerprint density at radius 1 is 1.11 bits per heavy atom. The van der Waals surface area contributed by atoms with Crippen LogP contribution in [0.25, 0.3) is 11.1 Å². The maximum absolute atomic E-state index is 15.5. The summed E-state index contributed by atoms with van der Waals surface area (Å²) in [5.41, 5.74) is -3.82. The van der Waals surface area contributed by atoms with Gasteiger partial charge in [0.05, 0.1) is 0 Å². The van der Waals surface area contributed by atoms with Crippen LogP contribution >= 0.6 is 0 Å². The quantitative estimate of drug-likeness (QED) is 0.508.